The molecule has 5 N–H and O–H groups in total. The van der Waals surface area contributed by atoms with Crippen molar-refractivity contribution in [3.8, 4) is 0 Å². The molecule has 5 heterocycles. The SMILES string of the molecule is CCCCCc1nc(Nc2ccc(N3CCCC4(CCNCC4)C3=O)cn2)nc2[nH]c(C(=O)O)cc12.CNC. The lowest BCUT2D eigenvalue weighted by Crippen LogP contribution is -2.53. The number of hydrogen-bond donors (Lipinski definition) is 5. The van der Waals surface area contributed by atoms with Crippen LogP contribution in [0.4, 0.5) is 17.5 Å². The van der Waals surface area contributed by atoms with Crippen LogP contribution < -0.4 is 20.9 Å². The molecule has 0 radical (unpaired) electrons. The van der Waals surface area contributed by atoms with E-state index in [4.69, 9.17) is 0 Å². The number of pyridine rings is 1. The van der Waals surface area contributed by atoms with E-state index in [2.05, 4.69) is 42.8 Å². The average Bonchev–Trinajstić information content (AvgIpc) is 3.37. The van der Waals surface area contributed by atoms with Gasteiger partial charge in [-0.1, -0.05) is 19.8 Å². The quantitative estimate of drug-likeness (QED) is 0.271. The number of anilines is 3. The molecule has 210 valence electrons. The second kappa shape index (κ2) is 13.0. The number of carboxylic acids is 1. The molecule has 0 aliphatic carbocycles. The number of aromatic carboxylic acids is 1. The van der Waals surface area contributed by atoms with E-state index in [0.717, 1.165) is 81.2 Å². The van der Waals surface area contributed by atoms with Crippen molar-refractivity contribution in [3.63, 3.8) is 0 Å². The summed E-state index contributed by atoms with van der Waals surface area (Å²) < 4.78 is 0. The molecule has 0 unspecified atom stereocenters. The van der Waals surface area contributed by atoms with Crippen LogP contribution in [0.2, 0.25) is 0 Å². The molecule has 39 heavy (non-hydrogen) atoms. The zero-order valence-corrected chi connectivity index (χ0v) is 23.1. The summed E-state index contributed by atoms with van der Waals surface area (Å²) in [4.78, 5) is 43.3. The Morgan fingerprint density at radius 2 is 1.92 bits per heavy atom. The highest BCUT2D eigenvalue weighted by Gasteiger charge is 2.44. The maximum absolute atomic E-state index is 13.4. The third-order valence-corrected chi connectivity index (χ3v) is 7.41. The van der Waals surface area contributed by atoms with E-state index >= 15 is 0 Å². The van der Waals surface area contributed by atoms with Crippen LogP contribution in [0, 0.1) is 5.41 Å². The number of carbonyl (C=O) groups is 2. The summed E-state index contributed by atoms with van der Waals surface area (Å²) in [6, 6.07) is 5.33. The number of aromatic nitrogens is 4. The number of unbranched alkanes of at least 4 members (excludes halogenated alkanes) is 2. The van der Waals surface area contributed by atoms with E-state index in [1.165, 1.54) is 0 Å². The minimum Gasteiger partial charge on any atom is -0.477 e. The Hall–Kier alpha value is -3.57. The topological polar surface area (TPSA) is 148 Å². The number of piperidine rings is 2. The molecular weight excluding hydrogens is 496 g/mol. The Morgan fingerprint density at radius 3 is 2.59 bits per heavy atom. The fourth-order valence-corrected chi connectivity index (χ4v) is 5.40. The number of nitrogens with zero attached hydrogens (tertiary/aromatic N) is 4. The minimum atomic E-state index is -1.03. The van der Waals surface area contributed by atoms with Crippen molar-refractivity contribution < 1.29 is 14.7 Å². The summed E-state index contributed by atoms with van der Waals surface area (Å²) in [6.45, 7) is 4.63. The first kappa shape index (κ1) is 28.4. The first-order valence-corrected chi connectivity index (χ1v) is 13.9. The molecule has 1 amide bonds. The molecule has 11 heteroatoms. The predicted octanol–water partition coefficient (Wildman–Crippen LogP) is 3.86. The molecule has 3 aromatic rings. The van der Waals surface area contributed by atoms with Crippen LogP contribution in [0.5, 0.6) is 0 Å². The van der Waals surface area contributed by atoms with Gasteiger partial charge in [0, 0.05) is 11.9 Å². The number of amides is 1. The number of nitrogens with one attached hydrogen (secondary N) is 4. The van der Waals surface area contributed by atoms with Crippen molar-refractivity contribution in [2.24, 2.45) is 5.41 Å². The van der Waals surface area contributed by atoms with E-state index in [1.54, 1.807) is 12.3 Å². The average molecular weight is 537 g/mol. The van der Waals surface area contributed by atoms with Gasteiger partial charge in [0.15, 0.2) is 0 Å². The molecule has 3 aromatic heterocycles. The molecule has 2 aliphatic heterocycles. The summed E-state index contributed by atoms with van der Waals surface area (Å²) in [6.07, 6.45) is 9.30. The number of H-pyrrole nitrogens is 1. The molecule has 2 saturated heterocycles. The maximum atomic E-state index is 13.4. The van der Waals surface area contributed by atoms with Gasteiger partial charge in [0.05, 0.1) is 23.0 Å². The van der Waals surface area contributed by atoms with Gasteiger partial charge in [0.2, 0.25) is 11.9 Å². The molecule has 0 atom stereocenters. The zero-order chi connectivity index (χ0) is 27.8. The van der Waals surface area contributed by atoms with Gasteiger partial charge in [-0.3, -0.25) is 4.79 Å². The Kier molecular flexibility index (Phi) is 9.47. The van der Waals surface area contributed by atoms with Crippen LogP contribution in [0.15, 0.2) is 24.4 Å². The van der Waals surface area contributed by atoms with Crippen molar-refractivity contribution in [3.05, 3.63) is 35.8 Å². The van der Waals surface area contributed by atoms with Crippen LogP contribution in [0.25, 0.3) is 11.0 Å². The van der Waals surface area contributed by atoms with E-state index in [1.807, 2.05) is 31.1 Å². The Bertz CT molecular complexity index is 1260. The third kappa shape index (κ3) is 6.54. The number of aryl methyl sites for hydroxylation is 1. The Labute approximate surface area is 229 Å². The minimum absolute atomic E-state index is 0.0911. The van der Waals surface area contributed by atoms with Crippen LogP contribution in [-0.4, -0.2) is 70.6 Å². The summed E-state index contributed by atoms with van der Waals surface area (Å²) in [5.41, 5.74) is 1.94. The lowest BCUT2D eigenvalue weighted by Gasteiger charge is -2.44. The highest BCUT2D eigenvalue weighted by molar-refractivity contribution is 5.98. The lowest BCUT2D eigenvalue weighted by molar-refractivity contribution is -0.132. The maximum Gasteiger partial charge on any atom is 0.352 e. The van der Waals surface area contributed by atoms with Gasteiger partial charge in [-0.2, -0.15) is 4.98 Å². The molecule has 2 fully saturated rings. The molecule has 11 nitrogen and oxygen atoms in total. The highest BCUT2D eigenvalue weighted by atomic mass is 16.4. The summed E-state index contributed by atoms with van der Waals surface area (Å²) in [5.74, 6) is 0.0986. The fraction of sp³-hybridized carbons (Fsp3) is 0.536. The molecule has 0 saturated carbocycles. The highest BCUT2D eigenvalue weighted by Crippen LogP contribution is 2.40. The van der Waals surface area contributed by atoms with Crippen molar-refractivity contribution in [2.45, 2.75) is 58.3 Å². The smallest absolute Gasteiger partial charge is 0.352 e. The first-order valence-electron chi connectivity index (χ1n) is 13.9. The normalized spacial score (nSPS) is 16.7. The van der Waals surface area contributed by atoms with Crippen LogP contribution in [0.1, 0.15) is 68.1 Å². The third-order valence-electron chi connectivity index (χ3n) is 7.41. The number of hydrogen-bond acceptors (Lipinski definition) is 8. The summed E-state index contributed by atoms with van der Waals surface area (Å²) >= 11 is 0. The van der Waals surface area contributed by atoms with E-state index < -0.39 is 5.97 Å². The van der Waals surface area contributed by atoms with Crippen LogP contribution in [-0.2, 0) is 11.2 Å². The molecular formula is C28H40N8O3. The van der Waals surface area contributed by atoms with Crippen molar-refractivity contribution in [1.82, 2.24) is 30.6 Å². The molecule has 0 bridgehead atoms. The molecule has 0 aromatic carbocycles. The summed E-state index contributed by atoms with van der Waals surface area (Å²) in [7, 11) is 3.75. The van der Waals surface area contributed by atoms with Gasteiger partial charge in [-0.25, -0.2) is 14.8 Å². The predicted molar refractivity (Wildman–Crippen MR) is 153 cm³/mol. The standard InChI is InChI=1S/C26H33N7O3.C2H7N/c1-2-3-4-6-19-18-15-20(23(34)35)29-22(18)32-25(30-19)31-21-8-7-17(16-28-21)33-14-5-9-26(24(33)36)10-12-27-13-11-26;1-3-2/h7-8,15-16,27H,2-6,9-14H2,1H3,(H,34,35)(H2,28,29,30,31,32);3H,1-2H3. The van der Waals surface area contributed by atoms with Crippen molar-refractivity contribution >= 4 is 40.4 Å². The Morgan fingerprint density at radius 1 is 1.15 bits per heavy atom. The van der Waals surface area contributed by atoms with Crippen LogP contribution in [0.3, 0.4) is 0 Å². The largest absolute Gasteiger partial charge is 0.477 e. The lowest BCUT2D eigenvalue weighted by atomic mass is 9.72. The van der Waals surface area contributed by atoms with Gasteiger partial charge in [-0.05, 0) is 83.9 Å². The molecule has 1 spiro atoms. The van der Waals surface area contributed by atoms with E-state index in [-0.39, 0.29) is 17.0 Å². The van der Waals surface area contributed by atoms with Gasteiger partial charge >= 0.3 is 5.97 Å². The number of carbonyl (C=O) groups excluding carboxylic acids is 1. The fourth-order valence-electron chi connectivity index (χ4n) is 5.40. The number of rotatable bonds is 8. The van der Waals surface area contributed by atoms with Crippen molar-refractivity contribution in [2.75, 3.05) is 43.9 Å². The monoisotopic (exact) mass is 536 g/mol. The van der Waals surface area contributed by atoms with Crippen molar-refractivity contribution in [1.29, 1.82) is 0 Å². The van der Waals surface area contributed by atoms with Gasteiger partial charge in [0.1, 0.15) is 17.2 Å². The van der Waals surface area contributed by atoms with E-state index in [0.29, 0.717) is 24.0 Å². The van der Waals surface area contributed by atoms with Crippen LogP contribution >= 0.6 is 0 Å². The van der Waals surface area contributed by atoms with Gasteiger partial charge in [0.25, 0.3) is 0 Å². The second-order valence-electron chi connectivity index (χ2n) is 10.3. The summed E-state index contributed by atoms with van der Waals surface area (Å²) in [5, 5.41) is 19.4. The molecule has 2 aliphatic rings. The first-order chi connectivity index (χ1) is 18.9. The second-order valence-corrected chi connectivity index (χ2v) is 10.3. The Balaban J connectivity index is 0.00000112. The van der Waals surface area contributed by atoms with Gasteiger partial charge in [-0.15, -0.1) is 0 Å². The zero-order valence-electron chi connectivity index (χ0n) is 23.1. The van der Waals surface area contributed by atoms with Gasteiger partial charge < -0.3 is 30.9 Å². The number of carboxylic acid groups (broad SMARTS) is 1. The number of fused-ring (bicyclic) bond motifs is 1. The number of aromatic amines is 1. The van der Waals surface area contributed by atoms with E-state index in [9.17, 15) is 14.7 Å². The molecule has 5 rings (SSSR count).